The van der Waals surface area contributed by atoms with Crippen LogP contribution in [0.25, 0.3) is 0 Å². The summed E-state index contributed by atoms with van der Waals surface area (Å²) in [6.45, 7) is 11.0. The lowest BCUT2D eigenvalue weighted by Crippen LogP contribution is -2.48. The van der Waals surface area contributed by atoms with Gasteiger partial charge in [-0.1, -0.05) is 24.3 Å². The average molecular weight is 452 g/mol. The minimum absolute atomic E-state index is 0.237. The Morgan fingerprint density at radius 2 is 1.72 bits per heavy atom. The van der Waals surface area contributed by atoms with Crippen LogP contribution in [0.4, 0.5) is 0 Å². The summed E-state index contributed by atoms with van der Waals surface area (Å²) in [7, 11) is 0. The van der Waals surface area contributed by atoms with Crippen LogP contribution in [-0.2, 0) is 13.0 Å². The van der Waals surface area contributed by atoms with Crippen LogP contribution >= 0.6 is 11.3 Å². The molecule has 1 saturated heterocycles. The Balaban J connectivity index is 1.23. The second-order valence-corrected chi connectivity index (χ2v) is 9.50. The molecule has 1 fully saturated rings. The van der Waals surface area contributed by atoms with Crippen LogP contribution in [0.5, 0.6) is 5.75 Å². The number of hydrogen-bond acceptors (Lipinski definition) is 5. The predicted octanol–water partition coefficient (Wildman–Crippen LogP) is 4.29. The molecular weight excluding hydrogens is 418 g/mol. The minimum atomic E-state index is 0.237. The van der Waals surface area contributed by atoms with E-state index >= 15 is 0 Å². The van der Waals surface area contributed by atoms with E-state index in [1.165, 1.54) is 10.6 Å². The summed E-state index contributed by atoms with van der Waals surface area (Å²) < 4.78 is 8.11. The Labute approximate surface area is 195 Å². The molecule has 1 aliphatic heterocycles. The van der Waals surface area contributed by atoms with E-state index in [9.17, 15) is 4.79 Å². The molecule has 0 bridgehead atoms. The molecule has 3 aromatic rings. The van der Waals surface area contributed by atoms with Gasteiger partial charge in [0.1, 0.15) is 12.4 Å². The normalized spacial score (nSPS) is 15.2. The number of hydrogen-bond donors (Lipinski definition) is 0. The molecule has 0 spiro atoms. The molecule has 4 rings (SSSR count). The summed E-state index contributed by atoms with van der Waals surface area (Å²) in [6, 6.07) is 16.3. The largest absolute Gasteiger partial charge is 0.492 e. The molecule has 0 saturated carbocycles. The molecular formula is C26H33N3O2S. The Kier molecular flexibility index (Phi) is 7.79. The van der Waals surface area contributed by atoms with Crippen LogP contribution in [-0.4, -0.2) is 66.0 Å². The fraction of sp³-hybridized carbons (Fsp3) is 0.423. The van der Waals surface area contributed by atoms with E-state index in [0.29, 0.717) is 13.2 Å². The van der Waals surface area contributed by atoms with Crippen molar-refractivity contribution in [3.8, 4) is 5.75 Å². The minimum Gasteiger partial charge on any atom is -0.492 e. The first-order valence-corrected chi connectivity index (χ1v) is 12.3. The van der Waals surface area contributed by atoms with E-state index in [-0.39, 0.29) is 5.78 Å². The van der Waals surface area contributed by atoms with E-state index in [1.54, 1.807) is 11.3 Å². The second-order valence-electron chi connectivity index (χ2n) is 8.47. The van der Waals surface area contributed by atoms with E-state index in [0.717, 1.165) is 62.7 Å². The molecule has 0 unspecified atom stereocenters. The quantitative estimate of drug-likeness (QED) is 0.431. The van der Waals surface area contributed by atoms with Gasteiger partial charge < -0.3 is 9.30 Å². The van der Waals surface area contributed by atoms with Crippen molar-refractivity contribution in [1.82, 2.24) is 14.4 Å². The van der Waals surface area contributed by atoms with Crippen molar-refractivity contribution in [2.45, 2.75) is 26.8 Å². The Morgan fingerprint density at radius 3 is 2.44 bits per heavy atom. The maximum atomic E-state index is 13.1. The maximum Gasteiger partial charge on any atom is 0.178 e. The molecule has 32 heavy (non-hydrogen) atoms. The van der Waals surface area contributed by atoms with E-state index < -0.39 is 0 Å². The lowest BCUT2D eigenvalue weighted by atomic mass is 10.1. The molecule has 0 amide bonds. The van der Waals surface area contributed by atoms with Gasteiger partial charge in [-0.15, -0.1) is 11.3 Å². The molecule has 3 heterocycles. The third kappa shape index (κ3) is 5.88. The third-order valence-electron chi connectivity index (χ3n) is 6.29. The number of thiophene rings is 1. The highest BCUT2D eigenvalue weighted by atomic mass is 32.1. The van der Waals surface area contributed by atoms with Gasteiger partial charge in [0, 0.05) is 61.1 Å². The Bertz CT molecular complexity index is 990. The summed E-state index contributed by atoms with van der Waals surface area (Å²) in [5, 5.41) is 2.12. The van der Waals surface area contributed by atoms with Crippen LogP contribution in [0.15, 0.2) is 53.9 Å². The van der Waals surface area contributed by atoms with Gasteiger partial charge in [0.25, 0.3) is 0 Å². The first-order chi connectivity index (χ1) is 15.6. The zero-order valence-corrected chi connectivity index (χ0v) is 19.9. The first kappa shape index (κ1) is 22.8. The fourth-order valence-electron chi connectivity index (χ4n) is 4.37. The molecule has 1 aliphatic rings. The molecule has 6 heteroatoms. The number of carbonyl (C=O) groups is 1. The SMILES string of the molecule is Cc1cc(C(=O)CN2CCN(CCOc3ccccc3)CC2)c(C)n1CCc1cccs1. The summed E-state index contributed by atoms with van der Waals surface area (Å²) in [4.78, 5) is 19.1. The lowest BCUT2D eigenvalue weighted by molar-refractivity contribution is 0.0830. The van der Waals surface area contributed by atoms with Gasteiger partial charge in [-0.25, -0.2) is 0 Å². The molecule has 0 radical (unpaired) electrons. The topological polar surface area (TPSA) is 37.7 Å². The fourth-order valence-corrected chi connectivity index (χ4v) is 5.07. The highest BCUT2D eigenvalue weighted by Gasteiger charge is 2.22. The standard InChI is InChI=1S/C26H33N3O2S/c1-21-19-25(22(2)29(21)11-10-24-9-6-18-32-24)26(30)20-28-14-12-27(13-15-28)16-17-31-23-7-4-3-5-8-23/h3-9,18-19H,10-17,20H2,1-2H3. The molecule has 170 valence electrons. The van der Waals surface area contributed by atoms with Crippen LogP contribution in [0.2, 0.25) is 0 Å². The second kappa shape index (κ2) is 10.9. The highest BCUT2D eigenvalue weighted by Crippen LogP contribution is 2.19. The predicted molar refractivity (Wildman–Crippen MR) is 131 cm³/mol. The molecule has 2 aromatic heterocycles. The Morgan fingerprint density at radius 1 is 0.969 bits per heavy atom. The smallest absolute Gasteiger partial charge is 0.178 e. The summed E-state index contributed by atoms with van der Waals surface area (Å²) >= 11 is 1.80. The first-order valence-electron chi connectivity index (χ1n) is 11.4. The highest BCUT2D eigenvalue weighted by molar-refractivity contribution is 7.09. The summed E-state index contributed by atoms with van der Waals surface area (Å²) in [5.74, 6) is 1.16. The van der Waals surface area contributed by atoms with Crippen LogP contribution < -0.4 is 4.74 Å². The summed E-state index contributed by atoms with van der Waals surface area (Å²) in [6.07, 6.45) is 1.01. The van der Waals surface area contributed by atoms with Gasteiger partial charge >= 0.3 is 0 Å². The number of Topliss-reactive ketones (excluding diaryl/α,β-unsaturated/α-hetero) is 1. The Hall–Kier alpha value is -2.41. The molecule has 0 atom stereocenters. The zero-order valence-electron chi connectivity index (χ0n) is 19.1. The number of carbonyl (C=O) groups excluding carboxylic acids is 1. The summed E-state index contributed by atoms with van der Waals surface area (Å²) in [5.41, 5.74) is 3.15. The average Bonchev–Trinajstić information content (AvgIpc) is 3.42. The van der Waals surface area contributed by atoms with E-state index in [1.807, 2.05) is 30.3 Å². The van der Waals surface area contributed by atoms with Gasteiger partial charge in [-0.3, -0.25) is 14.6 Å². The van der Waals surface area contributed by atoms with Crippen molar-refractivity contribution in [2.24, 2.45) is 0 Å². The molecule has 0 aliphatic carbocycles. The number of rotatable bonds is 10. The number of nitrogens with zero attached hydrogens (tertiary/aromatic N) is 3. The number of aromatic nitrogens is 1. The number of piperazine rings is 1. The molecule has 5 nitrogen and oxygen atoms in total. The van der Waals surface area contributed by atoms with Gasteiger partial charge in [0.2, 0.25) is 0 Å². The maximum absolute atomic E-state index is 13.1. The van der Waals surface area contributed by atoms with Gasteiger partial charge in [-0.05, 0) is 49.9 Å². The van der Waals surface area contributed by atoms with Crippen molar-refractivity contribution < 1.29 is 9.53 Å². The van der Waals surface area contributed by atoms with Crippen LogP contribution in [0.1, 0.15) is 26.6 Å². The zero-order chi connectivity index (χ0) is 22.3. The van der Waals surface area contributed by atoms with E-state index in [2.05, 4.69) is 51.8 Å². The number of ether oxygens (including phenoxy) is 1. The van der Waals surface area contributed by atoms with Crippen molar-refractivity contribution in [3.63, 3.8) is 0 Å². The van der Waals surface area contributed by atoms with Crippen molar-refractivity contribution >= 4 is 17.1 Å². The van der Waals surface area contributed by atoms with Gasteiger partial charge in [-0.2, -0.15) is 0 Å². The number of benzene rings is 1. The van der Waals surface area contributed by atoms with Crippen LogP contribution in [0, 0.1) is 13.8 Å². The number of para-hydroxylation sites is 1. The van der Waals surface area contributed by atoms with Crippen molar-refractivity contribution in [3.05, 3.63) is 75.7 Å². The van der Waals surface area contributed by atoms with Crippen molar-refractivity contribution in [2.75, 3.05) is 45.9 Å². The molecule has 1 aromatic carbocycles. The van der Waals surface area contributed by atoms with Crippen LogP contribution in [0.3, 0.4) is 0 Å². The lowest BCUT2D eigenvalue weighted by Gasteiger charge is -2.34. The third-order valence-corrected chi connectivity index (χ3v) is 7.22. The number of aryl methyl sites for hydroxylation is 2. The number of ketones is 1. The van der Waals surface area contributed by atoms with E-state index in [4.69, 9.17) is 4.74 Å². The van der Waals surface area contributed by atoms with Crippen molar-refractivity contribution in [1.29, 1.82) is 0 Å². The van der Waals surface area contributed by atoms with Gasteiger partial charge in [0.15, 0.2) is 5.78 Å². The molecule has 0 N–H and O–H groups in total. The van der Waals surface area contributed by atoms with Gasteiger partial charge in [0.05, 0.1) is 6.54 Å². The monoisotopic (exact) mass is 451 g/mol.